The van der Waals surface area contributed by atoms with Crippen LogP contribution >= 0.6 is 0 Å². The molecule has 0 radical (unpaired) electrons. The van der Waals surface area contributed by atoms with Gasteiger partial charge in [0.25, 0.3) is 5.92 Å². The van der Waals surface area contributed by atoms with Crippen LogP contribution in [0.25, 0.3) is 11.1 Å². The van der Waals surface area contributed by atoms with Crippen LogP contribution in [0.1, 0.15) is 35.3 Å². The van der Waals surface area contributed by atoms with E-state index in [1.807, 2.05) is 42.1 Å². The molecule has 0 bridgehead atoms. The minimum atomic E-state index is -3.03. The van der Waals surface area contributed by atoms with Crippen molar-refractivity contribution in [3.05, 3.63) is 89.8 Å². The van der Waals surface area contributed by atoms with Crippen LogP contribution in [0.15, 0.2) is 61.4 Å². The Balaban J connectivity index is 1.37. The summed E-state index contributed by atoms with van der Waals surface area (Å²) in [5.41, 5.74) is 3.74. The van der Waals surface area contributed by atoms with Gasteiger partial charge in [-0.2, -0.15) is 0 Å². The number of halogens is 2. The lowest BCUT2D eigenvalue weighted by atomic mass is 10.0. The van der Waals surface area contributed by atoms with Crippen LogP contribution in [0.4, 0.5) is 14.5 Å². The second kappa shape index (κ2) is 9.46. The van der Waals surface area contributed by atoms with Gasteiger partial charge in [-0.15, -0.1) is 0 Å². The van der Waals surface area contributed by atoms with Gasteiger partial charge in [0.05, 0.1) is 36.7 Å². The second-order valence-electron chi connectivity index (χ2n) is 8.26. The van der Waals surface area contributed by atoms with Gasteiger partial charge in [0.2, 0.25) is 5.91 Å². The molecule has 0 unspecified atom stereocenters. The van der Waals surface area contributed by atoms with Gasteiger partial charge in [-0.25, -0.2) is 23.7 Å². The first-order valence-corrected chi connectivity index (χ1v) is 10.7. The average Bonchev–Trinajstić information content (AvgIpc) is 3.20. The third kappa shape index (κ3) is 5.67. The van der Waals surface area contributed by atoms with Gasteiger partial charge in [-0.05, 0) is 24.1 Å². The molecule has 0 atom stereocenters. The number of carbonyl (C=O) groups is 1. The zero-order chi connectivity index (χ0) is 24.3. The molecule has 1 aromatic carbocycles. The Morgan fingerprint density at radius 3 is 2.35 bits per heavy atom. The van der Waals surface area contributed by atoms with E-state index in [9.17, 15) is 13.6 Å². The molecule has 0 saturated carbocycles. The predicted octanol–water partition coefficient (Wildman–Crippen LogP) is 4.46. The number of amides is 1. The van der Waals surface area contributed by atoms with Crippen LogP contribution in [0.2, 0.25) is 0 Å². The van der Waals surface area contributed by atoms with Crippen molar-refractivity contribution < 1.29 is 13.6 Å². The highest BCUT2D eigenvalue weighted by Gasteiger charge is 2.27. The van der Waals surface area contributed by atoms with Crippen LogP contribution in [-0.2, 0) is 30.6 Å². The Labute approximate surface area is 195 Å². The minimum Gasteiger partial charge on any atom is -0.340 e. The summed E-state index contributed by atoms with van der Waals surface area (Å²) in [6.45, 7) is 2.32. The molecule has 4 aromatic rings. The number of rotatable bonds is 7. The summed E-state index contributed by atoms with van der Waals surface area (Å²) in [5, 5.41) is 2.64. The molecule has 0 aliphatic heterocycles. The minimum absolute atomic E-state index is 0.103. The first kappa shape index (κ1) is 23.2. The van der Waals surface area contributed by atoms with Crippen molar-refractivity contribution in [2.24, 2.45) is 7.05 Å². The summed E-state index contributed by atoms with van der Waals surface area (Å²) in [6, 6.07) is 8.73. The molecule has 9 heteroatoms. The number of pyridine rings is 1. The standard InChI is InChI=1S/C25H24F2N6O/c1-16-22(25(2,26)27)9-20(13-28-16)32-24(34)8-17-4-6-18(7-5-17)19-11-29-23(30-12-19)10-21-14-33(3)15-31-21/h4-7,9,11-15H,8,10H2,1-3H3,(H,32,34). The zero-order valence-electron chi connectivity index (χ0n) is 19.1. The molecular formula is C25H24F2N6O. The highest BCUT2D eigenvalue weighted by Crippen LogP contribution is 2.30. The van der Waals surface area contributed by atoms with Gasteiger partial charge in [-0.1, -0.05) is 24.3 Å². The summed E-state index contributed by atoms with van der Waals surface area (Å²) in [6.07, 6.45) is 9.23. The largest absolute Gasteiger partial charge is 0.340 e. The maximum absolute atomic E-state index is 13.7. The summed E-state index contributed by atoms with van der Waals surface area (Å²) in [4.78, 5) is 29.5. The van der Waals surface area contributed by atoms with Crippen molar-refractivity contribution in [1.82, 2.24) is 24.5 Å². The van der Waals surface area contributed by atoms with Crippen molar-refractivity contribution in [3.8, 4) is 11.1 Å². The normalized spacial score (nSPS) is 11.4. The Bertz CT molecular complexity index is 1290. The van der Waals surface area contributed by atoms with Gasteiger partial charge in [0, 0.05) is 49.4 Å². The smallest absolute Gasteiger partial charge is 0.272 e. The fourth-order valence-electron chi connectivity index (χ4n) is 3.57. The van der Waals surface area contributed by atoms with Gasteiger partial charge in [-0.3, -0.25) is 9.78 Å². The molecule has 0 fully saturated rings. The van der Waals surface area contributed by atoms with Crippen LogP contribution in [0, 0.1) is 6.92 Å². The highest BCUT2D eigenvalue weighted by atomic mass is 19.3. The number of aromatic nitrogens is 5. The van der Waals surface area contributed by atoms with Gasteiger partial charge in [0.15, 0.2) is 0 Å². The van der Waals surface area contributed by atoms with Crippen LogP contribution in [-0.4, -0.2) is 30.4 Å². The molecule has 7 nitrogen and oxygen atoms in total. The maximum atomic E-state index is 13.7. The fraction of sp³-hybridized carbons (Fsp3) is 0.240. The topological polar surface area (TPSA) is 85.6 Å². The molecule has 0 aliphatic carbocycles. The van der Waals surface area contributed by atoms with Gasteiger partial charge >= 0.3 is 0 Å². The second-order valence-corrected chi connectivity index (χ2v) is 8.26. The van der Waals surface area contributed by atoms with Crippen molar-refractivity contribution in [3.63, 3.8) is 0 Å². The SMILES string of the molecule is Cc1ncc(NC(=O)Cc2ccc(-c3cnc(Cc4cn(C)cn4)nc3)cc2)cc1C(C)(F)F. The molecule has 3 heterocycles. The van der Waals surface area contributed by atoms with E-state index in [1.165, 1.54) is 19.2 Å². The lowest BCUT2D eigenvalue weighted by Gasteiger charge is -2.15. The predicted molar refractivity (Wildman–Crippen MR) is 124 cm³/mol. The summed E-state index contributed by atoms with van der Waals surface area (Å²) in [5.74, 6) is -2.66. The molecular weight excluding hydrogens is 438 g/mol. The number of imidazole rings is 1. The number of anilines is 1. The van der Waals surface area contributed by atoms with Gasteiger partial charge < -0.3 is 9.88 Å². The Hall–Kier alpha value is -4.01. The van der Waals surface area contributed by atoms with Crippen LogP contribution in [0.3, 0.4) is 0 Å². The average molecular weight is 463 g/mol. The van der Waals surface area contributed by atoms with E-state index < -0.39 is 5.92 Å². The van der Waals surface area contributed by atoms with E-state index in [0.29, 0.717) is 12.2 Å². The summed E-state index contributed by atoms with van der Waals surface area (Å²) < 4.78 is 29.3. The van der Waals surface area contributed by atoms with E-state index in [4.69, 9.17) is 0 Å². The first-order chi connectivity index (χ1) is 16.2. The number of aryl methyl sites for hydroxylation is 2. The van der Waals surface area contributed by atoms with Gasteiger partial charge in [0.1, 0.15) is 5.82 Å². The van der Waals surface area contributed by atoms with Crippen molar-refractivity contribution in [2.75, 3.05) is 5.32 Å². The molecule has 0 spiro atoms. The summed E-state index contributed by atoms with van der Waals surface area (Å²) >= 11 is 0. The molecule has 3 aromatic heterocycles. The van der Waals surface area contributed by atoms with Crippen LogP contribution < -0.4 is 5.32 Å². The van der Waals surface area contributed by atoms with Crippen LogP contribution in [0.5, 0.6) is 0 Å². The monoisotopic (exact) mass is 462 g/mol. The Morgan fingerprint density at radius 2 is 1.74 bits per heavy atom. The molecule has 1 amide bonds. The number of hydrogen-bond acceptors (Lipinski definition) is 5. The van der Waals surface area contributed by atoms with E-state index >= 15 is 0 Å². The summed E-state index contributed by atoms with van der Waals surface area (Å²) in [7, 11) is 1.91. The van der Waals surface area contributed by atoms with Crippen molar-refractivity contribution in [1.29, 1.82) is 0 Å². The van der Waals surface area contributed by atoms with Crippen molar-refractivity contribution >= 4 is 11.6 Å². The number of benzene rings is 1. The third-order valence-electron chi connectivity index (χ3n) is 5.30. The number of nitrogens with one attached hydrogen (secondary N) is 1. The molecule has 4 rings (SSSR count). The van der Waals surface area contributed by atoms with E-state index in [0.717, 1.165) is 29.3 Å². The lowest BCUT2D eigenvalue weighted by Crippen LogP contribution is -2.16. The van der Waals surface area contributed by atoms with Crippen molar-refractivity contribution in [2.45, 2.75) is 32.6 Å². The first-order valence-electron chi connectivity index (χ1n) is 10.7. The van der Waals surface area contributed by atoms with E-state index in [1.54, 1.807) is 18.7 Å². The van der Waals surface area contributed by atoms with E-state index in [-0.39, 0.29) is 29.3 Å². The number of alkyl halides is 2. The fourth-order valence-corrected chi connectivity index (χ4v) is 3.57. The molecule has 1 N–H and O–H groups in total. The molecule has 174 valence electrons. The quantitative estimate of drug-likeness (QED) is 0.438. The third-order valence-corrected chi connectivity index (χ3v) is 5.30. The Morgan fingerprint density at radius 1 is 1.03 bits per heavy atom. The zero-order valence-corrected chi connectivity index (χ0v) is 19.1. The molecule has 0 saturated heterocycles. The lowest BCUT2D eigenvalue weighted by molar-refractivity contribution is -0.115. The van der Waals surface area contributed by atoms with E-state index in [2.05, 4.69) is 25.3 Å². The Kier molecular flexibility index (Phi) is 6.45. The number of hydrogen-bond donors (Lipinski definition) is 1. The number of carbonyl (C=O) groups excluding carboxylic acids is 1. The number of nitrogens with zero attached hydrogens (tertiary/aromatic N) is 5. The highest BCUT2D eigenvalue weighted by molar-refractivity contribution is 5.92. The molecule has 0 aliphatic rings. The maximum Gasteiger partial charge on any atom is 0.272 e. The molecule has 34 heavy (non-hydrogen) atoms.